The number of rotatable bonds is 7. The quantitative estimate of drug-likeness (QED) is 0.705. The molecule has 0 aliphatic carbocycles. The highest BCUT2D eigenvalue weighted by atomic mass is 19.4. The molecule has 2 aliphatic heterocycles. The Morgan fingerprint density at radius 1 is 1.06 bits per heavy atom. The van der Waals surface area contributed by atoms with Gasteiger partial charge in [-0.3, -0.25) is 14.4 Å². The average Bonchev–Trinajstić information content (AvgIpc) is 3.15. The first kappa shape index (κ1) is 23.1. The van der Waals surface area contributed by atoms with E-state index in [2.05, 4.69) is 5.32 Å². The van der Waals surface area contributed by atoms with E-state index in [1.807, 2.05) is 4.90 Å². The molecule has 2 fully saturated rings. The zero-order valence-corrected chi connectivity index (χ0v) is 17.4. The molecule has 0 unspecified atom stereocenters. The number of alkyl halides is 3. The second kappa shape index (κ2) is 10.2. The highest BCUT2D eigenvalue weighted by molar-refractivity contribution is 5.90. The van der Waals surface area contributed by atoms with Gasteiger partial charge >= 0.3 is 6.18 Å². The third-order valence-electron chi connectivity index (χ3n) is 5.91. The third kappa shape index (κ3) is 6.70. The molecule has 3 amide bonds. The zero-order chi connectivity index (χ0) is 22.4. The molecular formula is C22H28F3N3O3. The number of halogens is 3. The summed E-state index contributed by atoms with van der Waals surface area (Å²) in [6.45, 7) is 2.48. The van der Waals surface area contributed by atoms with Gasteiger partial charge in [-0.05, 0) is 55.9 Å². The van der Waals surface area contributed by atoms with Gasteiger partial charge in [0.1, 0.15) is 0 Å². The summed E-state index contributed by atoms with van der Waals surface area (Å²) in [4.78, 5) is 39.9. The van der Waals surface area contributed by atoms with Crippen LogP contribution in [0.4, 0.5) is 18.9 Å². The van der Waals surface area contributed by atoms with Crippen molar-refractivity contribution in [1.82, 2.24) is 9.80 Å². The highest BCUT2D eigenvalue weighted by Crippen LogP contribution is 2.30. The van der Waals surface area contributed by atoms with Gasteiger partial charge in [-0.2, -0.15) is 13.2 Å². The first-order valence-electron chi connectivity index (χ1n) is 10.7. The number of nitrogens with one attached hydrogen (secondary N) is 1. The summed E-state index contributed by atoms with van der Waals surface area (Å²) in [5.74, 6) is 0.113. The van der Waals surface area contributed by atoms with E-state index in [1.165, 1.54) is 12.1 Å². The monoisotopic (exact) mass is 439 g/mol. The van der Waals surface area contributed by atoms with E-state index in [1.54, 1.807) is 4.90 Å². The molecule has 2 aliphatic rings. The van der Waals surface area contributed by atoms with Crippen molar-refractivity contribution in [1.29, 1.82) is 0 Å². The largest absolute Gasteiger partial charge is 0.416 e. The molecular weight excluding hydrogens is 411 g/mol. The van der Waals surface area contributed by atoms with Crippen molar-refractivity contribution in [2.45, 2.75) is 51.1 Å². The second-order valence-electron chi connectivity index (χ2n) is 8.24. The Balaban J connectivity index is 1.40. The standard InChI is InChI=1S/C22H28F3N3O3/c23-22(24,25)17-6-8-18(9-7-17)26-19(29)10-5-16-3-1-13-28(15-16)21(31)11-14-27-12-2-4-20(27)30/h6-9,16H,1-5,10-15H2,(H,26,29)/t16-/m1/s1. The summed E-state index contributed by atoms with van der Waals surface area (Å²) in [7, 11) is 0. The number of likely N-dealkylation sites (tertiary alicyclic amines) is 2. The summed E-state index contributed by atoms with van der Waals surface area (Å²) in [5.41, 5.74) is -0.429. The average molecular weight is 439 g/mol. The smallest absolute Gasteiger partial charge is 0.342 e. The number of piperidine rings is 1. The molecule has 0 aromatic heterocycles. The van der Waals surface area contributed by atoms with E-state index in [0.717, 1.165) is 37.9 Å². The number of anilines is 1. The van der Waals surface area contributed by atoms with Gasteiger partial charge in [0, 0.05) is 51.1 Å². The molecule has 6 nitrogen and oxygen atoms in total. The van der Waals surface area contributed by atoms with Crippen molar-refractivity contribution >= 4 is 23.4 Å². The number of nitrogens with zero attached hydrogens (tertiary/aromatic N) is 2. The van der Waals surface area contributed by atoms with Crippen LogP contribution in [0.5, 0.6) is 0 Å². The van der Waals surface area contributed by atoms with Crippen molar-refractivity contribution < 1.29 is 27.6 Å². The van der Waals surface area contributed by atoms with E-state index in [0.29, 0.717) is 44.6 Å². The van der Waals surface area contributed by atoms with Crippen LogP contribution in [0.15, 0.2) is 24.3 Å². The lowest BCUT2D eigenvalue weighted by Crippen LogP contribution is -2.41. The van der Waals surface area contributed by atoms with E-state index in [-0.39, 0.29) is 30.1 Å². The van der Waals surface area contributed by atoms with E-state index in [4.69, 9.17) is 0 Å². The van der Waals surface area contributed by atoms with Gasteiger partial charge in [0.05, 0.1) is 5.56 Å². The predicted octanol–water partition coefficient (Wildman–Crippen LogP) is 3.68. The van der Waals surface area contributed by atoms with Crippen LogP contribution < -0.4 is 5.32 Å². The first-order valence-corrected chi connectivity index (χ1v) is 10.7. The maximum absolute atomic E-state index is 12.6. The van der Waals surface area contributed by atoms with E-state index in [9.17, 15) is 27.6 Å². The summed E-state index contributed by atoms with van der Waals surface area (Å²) in [5, 5.41) is 2.63. The maximum atomic E-state index is 12.6. The Kier molecular flexibility index (Phi) is 7.56. The van der Waals surface area contributed by atoms with Crippen LogP contribution in [0.1, 0.15) is 50.5 Å². The Hall–Kier alpha value is -2.58. The topological polar surface area (TPSA) is 69.7 Å². The Morgan fingerprint density at radius 2 is 1.81 bits per heavy atom. The number of hydrogen-bond donors (Lipinski definition) is 1. The van der Waals surface area contributed by atoms with Gasteiger partial charge in [0.25, 0.3) is 0 Å². The molecule has 3 rings (SSSR count). The van der Waals surface area contributed by atoms with Crippen molar-refractivity contribution in [2.75, 3.05) is 31.5 Å². The summed E-state index contributed by atoms with van der Waals surface area (Å²) < 4.78 is 37.8. The number of benzene rings is 1. The van der Waals surface area contributed by atoms with E-state index >= 15 is 0 Å². The lowest BCUT2D eigenvalue weighted by molar-refractivity contribution is -0.137. The molecule has 1 aromatic rings. The molecule has 0 saturated carbocycles. The van der Waals surface area contributed by atoms with Crippen LogP contribution in [0, 0.1) is 5.92 Å². The fourth-order valence-corrected chi connectivity index (χ4v) is 4.16. The molecule has 0 radical (unpaired) electrons. The predicted molar refractivity (Wildman–Crippen MR) is 109 cm³/mol. The molecule has 31 heavy (non-hydrogen) atoms. The minimum Gasteiger partial charge on any atom is -0.342 e. The maximum Gasteiger partial charge on any atom is 0.416 e. The zero-order valence-electron chi connectivity index (χ0n) is 17.4. The number of carbonyl (C=O) groups excluding carboxylic acids is 3. The van der Waals surface area contributed by atoms with Gasteiger partial charge in [-0.1, -0.05) is 0 Å². The molecule has 9 heteroatoms. The van der Waals surface area contributed by atoms with Crippen molar-refractivity contribution in [3.05, 3.63) is 29.8 Å². The normalized spacial score (nSPS) is 19.6. The van der Waals surface area contributed by atoms with Gasteiger partial charge in [-0.25, -0.2) is 0 Å². The van der Waals surface area contributed by atoms with E-state index < -0.39 is 11.7 Å². The summed E-state index contributed by atoms with van der Waals surface area (Å²) in [6, 6.07) is 4.37. The molecule has 0 spiro atoms. The van der Waals surface area contributed by atoms with Gasteiger partial charge in [0.15, 0.2) is 0 Å². The molecule has 170 valence electrons. The van der Waals surface area contributed by atoms with Crippen LogP contribution in [0.2, 0.25) is 0 Å². The first-order chi connectivity index (χ1) is 14.7. The number of amides is 3. The van der Waals surface area contributed by atoms with Crippen LogP contribution >= 0.6 is 0 Å². The van der Waals surface area contributed by atoms with Crippen molar-refractivity contribution in [2.24, 2.45) is 5.92 Å². The Bertz CT molecular complexity index is 795. The van der Waals surface area contributed by atoms with Crippen molar-refractivity contribution in [3.63, 3.8) is 0 Å². The van der Waals surface area contributed by atoms with Crippen LogP contribution in [0.25, 0.3) is 0 Å². The fraction of sp³-hybridized carbons (Fsp3) is 0.591. The molecule has 1 aromatic carbocycles. The molecule has 1 atom stereocenters. The number of carbonyl (C=O) groups is 3. The van der Waals surface area contributed by atoms with Crippen LogP contribution in [-0.4, -0.2) is 53.7 Å². The summed E-state index contributed by atoms with van der Waals surface area (Å²) >= 11 is 0. The Morgan fingerprint density at radius 3 is 2.45 bits per heavy atom. The second-order valence-corrected chi connectivity index (χ2v) is 8.24. The van der Waals surface area contributed by atoms with Crippen molar-refractivity contribution in [3.8, 4) is 0 Å². The molecule has 1 N–H and O–H groups in total. The minimum atomic E-state index is -4.41. The van der Waals surface area contributed by atoms with Crippen LogP contribution in [-0.2, 0) is 20.6 Å². The molecule has 2 heterocycles. The molecule has 0 bridgehead atoms. The highest BCUT2D eigenvalue weighted by Gasteiger charge is 2.30. The van der Waals surface area contributed by atoms with Gasteiger partial charge in [-0.15, -0.1) is 0 Å². The Labute approximate surface area is 179 Å². The van der Waals surface area contributed by atoms with Crippen LogP contribution in [0.3, 0.4) is 0 Å². The molecule has 2 saturated heterocycles. The lowest BCUT2D eigenvalue weighted by Gasteiger charge is -2.33. The fourth-order valence-electron chi connectivity index (χ4n) is 4.16. The summed E-state index contributed by atoms with van der Waals surface area (Å²) in [6.07, 6.45) is 0.00392. The van der Waals surface area contributed by atoms with Gasteiger partial charge < -0.3 is 15.1 Å². The third-order valence-corrected chi connectivity index (χ3v) is 5.91. The minimum absolute atomic E-state index is 0.0404. The number of hydrogen-bond acceptors (Lipinski definition) is 3. The van der Waals surface area contributed by atoms with Gasteiger partial charge in [0.2, 0.25) is 17.7 Å². The lowest BCUT2D eigenvalue weighted by atomic mass is 9.93. The SMILES string of the molecule is O=C(CC[C@H]1CCCN(C(=O)CCN2CCCC2=O)C1)Nc1ccc(C(F)(F)F)cc1.